The lowest BCUT2D eigenvalue weighted by Gasteiger charge is -2.32. The quantitative estimate of drug-likeness (QED) is 0.524. The number of Topliss-reactive ketones (excluding diaryl/α,β-unsaturated/α-hetero) is 2. The molecule has 1 aromatic carbocycles. The zero-order valence-electron chi connectivity index (χ0n) is 17.4. The Balaban J connectivity index is 2.11. The van der Waals surface area contributed by atoms with Crippen LogP contribution in [0.2, 0.25) is 0 Å². The van der Waals surface area contributed by atoms with Crippen LogP contribution in [-0.2, 0) is 11.2 Å². The lowest BCUT2D eigenvalue weighted by molar-refractivity contribution is -0.117. The van der Waals surface area contributed by atoms with E-state index in [4.69, 9.17) is 0 Å². The number of ketones is 2. The molecule has 0 N–H and O–H groups in total. The second kappa shape index (κ2) is 9.48. The summed E-state index contributed by atoms with van der Waals surface area (Å²) in [5.41, 5.74) is 4.64. The van der Waals surface area contributed by atoms with Gasteiger partial charge in [0.2, 0.25) is 0 Å². The summed E-state index contributed by atoms with van der Waals surface area (Å²) in [5, 5.41) is 0. The SMILES string of the molecule is CCC(CC)C(CCCC(C)=O)CC1CC(=O)c2c(ccc(C)c2C)C1. The molecule has 0 bridgehead atoms. The Morgan fingerprint density at radius 2 is 1.81 bits per heavy atom. The number of hydrogen-bond donors (Lipinski definition) is 0. The van der Waals surface area contributed by atoms with E-state index < -0.39 is 0 Å². The van der Waals surface area contributed by atoms with Crippen molar-refractivity contribution >= 4 is 11.6 Å². The second-order valence-corrected chi connectivity index (χ2v) is 8.41. The number of aryl methyl sites for hydroxylation is 1. The molecule has 0 heterocycles. The molecule has 0 amide bonds. The molecule has 1 aliphatic carbocycles. The van der Waals surface area contributed by atoms with Crippen LogP contribution in [0.4, 0.5) is 0 Å². The topological polar surface area (TPSA) is 34.1 Å². The average molecular weight is 357 g/mol. The Labute approximate surface area is 159 Å². The average Bonchev–Trinajstić information content (AvgIpc) is 2.58. The molecule has 2 nitrogen and oxygen atoms in total. The van der Waals surface area contributed by atoms with Gasteiger partial charge in [0, 0.05) is 18.4 Å². The molecule has 1 aliphatic rings. The molecule has 0 aromatic heterocycles. The van der Waals surface area contributed by atoms with Gasteiger partial charge in [-0.1, -0.05) is 38.8 Å². The number of carbonyl (C=O) groups is 2. The van der Waals surface area contributed by atoms with Crippen molar-refractivity contribution in [3.8, 4) is 0 Å². The number of fused-ring (bicyclic) bond motifs is 1. The molecular weight excluding hydrogens is 320 g/mol. The maximum atomic E-state index is 12.8. The molecule has 2 atom stereocenters. The molecule has 26 heavy (non-hydrogen) atoms. The van der Waals surface area contributed by atoms with Crippen LogP contribution >= 0.6 is 0 Å². The Kier molecular flexibility index (Phi) is 7.61. The van der Waals surface area contributed by atoms with Crippen molar-refractivity contribution in [1.29, 1.82) is 0 Å². The van der Waals surface area contributed by atoms with E-state index in [1.807, 2.05) is 0 Å². The highest BCUT2D eigenvalue weighted by Crippen LogP contribution is 2.37. The number of rotatable bonds is 9. The van der Waals surface area contributed by atoms with Crippen molar-refractivity contribution in [3.63, 3.8) is 0 Å². The first-order valence-corrected chi connectivity index (χ1v) is 10.5. The third-order valence-corrected chi connectivity index (χ3v) is 6.54. The van der Waals surface area contributed by atoms with Crippen LogP contribution in [0.3, 0.4) is 0 Å². The van der Waals surface area contributed by atoms with Gasteiger partial charge in [-0.25, -0.2) is 0 Å². The molecule has 0 saturated heterocycles. The Morgan fingerprint density at radius 1 is 1.12 bits per heavy atom. The van der Waals surface area contributed by atoms with E-state index in [1.54, 1.807) is 6.92 Å². The van der Waals surface area contributed by atoms with Gasteiger partial charge in [-0.3, -0.25) is 4.79 Å². The fourth-order valence-electron chi connectivity index (χ4n) is 4.89. The zero-order valence-corrected chi connectivity index (χ0v) is 17.4. The second-order valence-electron chi connectivity index (χ2n) is 8.41. The van der Waals surface area contributed by atoms with E-state index in [9.17, 15) is 9.59 Å². The maximum absolute atomic E-state index is 12.8. The summed E-state index contributed by atoms with van der Waals surface area (Å²) < 4.78 is 0. The monoisotopic (exact) mass is 356 g/mol. The van der Waals surface area contributed by atoms with Gasteiger partial charge >= 0.3 is 0 Å². The standard InChI is InChI=1S/C24H36O2/c1-6-20(7-2)21(10-8-9-17(4)25)13-19-14-22-12-11-16(3)18(5)24(22)23(26)15-19/h11-12,19-21H,6-10,13-15H2,1-5H3. The first-order valence-electron chi connectivity index (χ1n) is 10.5. The minimum Gasteiger partial charge on any atom is -0.300 e. The van der Waals surface area contributed by atoms with E-state index in [-0.39, 0.29) is 0 Å². The molecule has 2 rings (SSSR count). The van der Waals surface area contributed by atoms with Gasteiger partial charge in [-0.15, -0.1) is 0 Å². The van der Waals surface area contributed by atoms with Gasteiger partial charge in [-0.2, -0.15) is 0 Å². The van der Waals surface area contributed by atoms with Gasteiger partial charge in [0.25, 0.3) is 0 Å². The summed E-state index contributed by atoms with van der Waals surface area (Å²) in [4.78, 5) is 24.1. The molecule has 0 aliphatic heterocycles. The largest absolute Gasteiger partial charge is 0.300 e. The fraction of sp³-hybridized carbons (Fsp3) is 0.667. The highest BCUT2D eigenvalue weighted by molar-refractivity contribution is 6.00. The van der Waals surface area contributed by atoms with Crippen LogP contribution in [0.25, 0.3) is 0 Å². The third kappa shape index (κ3) is 5.05. The Morgan fingerprint density at radius 3 is 2.42 bits per heavy atom. The van der Waals surface area contributed by atoms with Gasteiger partial charge in [-0.05, 0) is 80.9 Å². The van der Waals surface area contributed by atoms with Crippen molar-refractivity contribution in [3.05, 3.63) is 34.4 Å². The van der Waals surface area contributed by atoms with Crippen molar-refractivity contribution in [2.24, 2.45) is 17.8 Å². The maximum Gasteiger partial charge on any atom is 0.163 e. The number of hydrogen-bond acceptors (Lipinski definition) is 2. The van der Waals surface area contributed by atoms with E-state index in [0.717, 1.165) is 31.2 Å². The van der Waals surface area contributed by atoms with Crippen LogP contribution in [0, 0.1) is 31.6 Å². The summed E-state index contributed by atoms with van der Waals surface area (Å²) >= 11 is 0. The highest BCUT2D eigenvalue weighted by Gasteiger charge is 2.30. The summed E-state index contributed by atoms with van der Waals surface area (Å²) in [7, 11) is 0. The van der Waals surface area contributed by atoms with Crippen LogP contribution in [-0.4, -0.2) is 11.6 Å². The van der Waals surface area contributed by atoms with E-state index >= 15 is 0 Å². The summed E-state index contributed by atoms with van der Waals surface area (Å²) in [5.74, 6) is 2.43. The van der Waals surface area contributed by atoms with Crippen molar-refractivity contribution in [2.75, 3.05) is 0 Å². The lowest BCUT2D eigenvalue weighted by atomic mass is 9.72. The molecule has 2 heteroatoms. The van der Waals surface area contributed by atoms with Crippen LogP contribution in [0.5, 0.6) is 0 Å². The molecule has 144 valence electrons. The first kappa shape index (κ1) is 20.9. The summed E-state index contributed by atoms with van der Waals surface area (Å²) in [6, 6.07) is 4.33. The minimum atomic E-state index is 0.293. The summed E-state index contributed by atoms with van der Waals surface area (Å²) in [6.45, 7) is 10.4. The van der Waals surface area contributed by atoms with Crippen molar-refractivity contribution in [1.82, 2.24) is 0 Å². The van der Waals surface area contributed by atoms with Gasteiger partial charge < -0.3 is 4.79 Å². The van der Waals surface area contributed by atoms with E-state index in [2.05, 4.69) is 39.8 Å². The van der Waals surface area contributed by atoms with Gasteiger partial charge in [0.1, 0.15) is 5.78 Å². The van der Waals surface area contributed by atoms with Gasteiger partial charge in [0.15, 0.2) is 5.78 Å². The van der Waals surface area contributed by atoms with Crippen LogP contribution in [0.1, 0.15) is 92.8 Å². The van der Waals surface area contributed by atoms with E-state index in [0.29, 0.717) is 42.2 Å². The molecular formula is C24H36O2. The van der Waals surface area contributed by atoms with Crippen LogP contribution in [0.15, 0.2) is 12.1 Å². The first-order chi connectivity index (χ1) is 12.4. The van der Waals surface area contributed by atoms with Crippen molar-refractivity contribution in [2.45, 2.75) is 86.0 Å². The molecule has 0 saturated carbocycles. The highest BCUT2D eigenvalue weighted by atomic mass is 16.1. The third-order valence-electron chi connectivity index (χ3n) is 6.54. The summed E-state index contributed by atoms with van der Waals surface area (Å²) in [6.07, 6.45) is 8.05. The lowest BCUT2D eigenvalue weighted by Crippen LogP contribution is -2.26. The normalized spacial score (nSPS) is 18.1. The Hall–Kier alpha value is -1.44. The predicted octanol–water partition coefficient (Wildman–Crippen LogP) is 6.25. The molecule has 2 unspecified atom stereocenters. The van der Waals surface area contributed by atoms with Crippen molar-refractivity contribution < 1.29 is 9.59 Å². The number of benzene rings is 1. The number of carbonyl (C=O) groups excluding carboxylic acids is 2. The van der Waals surface area contributed by atoms with E-state index in [1.165, 1.54) is 29.5 Å². The fourth-order valence-corrected chi connectivity index (χ4v) is 4.89. The minimum absolute atomic E-state index is 0.293. The zero-order chi connectivity index (χ0) is 19.3. The smallest absolute Gasteiger partial charge is 0.163 e. The Bertz CT molecular complexity index is 640. The predicted molar refractivity (Wildman–Crippen MR) is 109 cm³/mol. The molecule has 0 radical (unpaired) electrons. The molecule has 0 fully saturated rings. The molecule has 0 spiro atoms. The molecule has 1 aromatic rings. The van der Waals surface area contributed by atoms with Crippen LogP contribution < -0.4 is 0 Å². The van der Waals surface area contributed by atoms with Gasteiger partial charge in [0.05, 0.1) is 0 Å².